The van der Waals surface area contributed by atoms with Gasteiger partial charge >= 0.3 is 0 Å². The van der Waals surface area contributed by atoms with Gasteiger partial charge in [0.25, 0.3) is 0 Å². The van der Waals surface area contributed by atoms with E-state index in [0.717, 1.165) is 5.56 Å². The van der Waals surface area contributed by atoms with Crippen molar-refractivity contribution in [3.63, 3.8) is 0 Å². The van der Waals surface area contributed by atoms with Crippen LogP contribution in [0.1, 0.15) is 12.8 Å². The zero-order valence-corrected chi connectivity index (χ0v) is 13.9. The van der Waals surface area contributed by atoms with Gasteiger partial charge in [-0.15, -0.1) is 0 Å². The molecule has 0 aliphatic carbocycles. The summed E-state index contributed by atoms with van der Waals surface area (Å²) in [6.07, 6.45) is 0. The van der Waals surface area contributed by atoms with Crippen LogP contribution >= 0.6 is 11.6 Å². The highest BCUT2D eigenvalue weighted by molar-refractivity contribution is 6.30. The average Bonchev–Trinajstić information content (AvgIpc) is 3.04. The first-order valence-corrected chi connectivity index (χ1v) is 7.71. The number of aliphatic imine (C=N–C) groups is 1. The lowest BCUT2D eigenvalue weighted by Crippen LogP contribution is -2.38. The third kappa shape index (κ3) is 5.54. The normalized spacial score (nSPS) is 11.5. The molecule has 0 aliphatic rings. The number of nitrogens with one attached hydrogen (secondary N) is 2. The minimum Gasteiger partial charge on any atom is -0.380 e. The Morgan fingerprint density at radius 2 is 2.09 bits per heavy atom. The van der Waals surface area contributed by atoms with Crippen molar-refractivity contribution < 1.29 is 9.26 Å². The zero-order chi connectivity index (χ0) is 16.5. The van der Waals surface area contributed by atoms with Crippen molar-refractivity contribution in [2.45, 2.75) is 13.5 Å². The Bertz CT molecular complexity index is 627. The summed E-state index contributed by atoms with van der Waals surface area (Å²) < 4.78 is 10.5. The number of guanidine groups is 1. The molecule has 1 heterocycles. The Labute approximate surface area is 140 Å². The van der Waals surface area contributed by atoms with Crippen molar-refractivity contribution in [2.75, 3.05) is 26.8 Å². The number of halogens is 1. The lowest BCUT2D eigenvalue weighted by molar-refractivity contribution is 0.152. The molecule has 0 atom stereocenters. The van der Waals surface area contributed by atoms with E-state index in [2.05, 4.69) is 25.8 Å². The quantitative estimate of drug-likeness (QED) is 0.457. The number of ether oxygens (including phenoxy) is 1. The van der Waals surface area contributed by atoms with Gasteiger partial charge in [-0.2, -0.15) is 4.98 Å². The van der Waals surface area contributed by atoms with E-state index in [1.807, 2.05) is 19.1 Å². The van der Waals surface area contributed by atoms with E-state index in [-0.39, 0.29) is 0 Å². The zero-order valence-electron chi connectivity index (χ0n) is 13.2. The third-order valence-corrected chi connectivity index (χ3v) is 3.20. The molecular weight excluding hydrogens is 318 g/mol. The van der Waals surface area contributed by atoms with Gasteiger partial charge in [-0.3, -0.25) is 4.99 Å². The summed E-state index contributed by atoms with van der Waals surface area (Å²) in [6.45, 7) is 4.34. The van der Waals surface area contributed by atoms with Gasteiger partial charge < -0.3 is 19.9 Å². The second kappa shape index (κ2) is 9.12. The third-order valence-electron chi connectivity index (χ3n) is 2.94. The highest BCUT2D eigenvalue weighted by Crippen LogP contribution is 2.18. The van der Waals surface area contributed by atoms with Gasteiger partial charge in [-0.25, -0.2) is 0 Å². The topological polar surface area (TPSA) is 84.6 Å². The summed E-state index contributed by atoms with van der Waals surface area (Å²) in [6, 6.07) is 7.27. The molecular formula is C15H20ClN5O2. The Morgan fingerprint density at radius 1 is 1.30 bits per heavy atom. The number of hydrogen-bond acceptors (Lipinski definition) is 5. The summed E-state index contributed by atoms with van der Waals surface area (Å²) in [4.78, 5) is 8.45. The van der Waals surface area contributed by atoms with Gasteiger partial charge in [0.15, 0.2) is 5.96 Å². The Balaban J connectivity index is 1.85. The van der Waals surface area contributed by atoms with E-state index in [1.165, 1.54) is 0 Å². The molecule has 0 saturated carbocycles. The highest BCUT2D eigenvalue weighted by Gasteiger charge is 2.09. The maximum Gasteiger partial charge on any atom is 0.246 e. The molecule has 8 heteroatoms. The number of rotatable bonds is 7. The molecule has 0 fully saturated rings. The van der Waals surface area contributed by atoms with Crippen LogP contribution in [0.15, 0.2) is 33.8 Å². The van der Waals surface area contributed by atoms with Crippen LogP contribution in [-0.2, 0) is 11.3 Å². The van der Waals surface area contributed by atoms with Crippen molar-refractivity contribution in [1.29, 1.82) is 0 Å². The minimum absolute atomic E-state index is 0.384. The standard InChI is InChI=1S/C15H20ClN5O2/c1-3-22-9-8-18-15(17-2)19-10-13-20-14(21-23-13)11-4-6-12(16)7-5-11/h4-7H,3,8-10H2,1-2H3,(H2,17,18,19). The largest absolute Gasteiger partial charge is 0.380 e. The fourth-order valence-electron chi connectivity index (χ4n) is 1.81. The van der Waals surface area contributed by atoms with Crippen molar-refractivity contribution in [1.82, 2.24) is 20.8 Å². The van der Waals surface area contributed by atoms with Gasteiger partial charge in [-0.1, -0.05) is 16.8 Å². The van der Waals surface area contributed by atoms with Crippen LogP contribution in [0.5, 0.6) is 0 Å². The first-order chi connectivity index (χ1) is 11.2. The van der Waals surface area contributed by atoms with E-state index >= 15 is 0 Å². The van der Waals surface area contributed by atoms with E-state index in [4.69, 9.17) is 20.9 Å². The number of aromatic nitrogens is 2. The van der Waals surface area contributed by atoms with Crippen molar-refractivity contribution in [3.8, 4) is 11.4 Å². The van der Waals surface area contributed by atoms with Gasteiger partial charge in [0.2, 0.25) is 11.7 Å². The number of nitrogens with zero attached hydrogens (tertiary/aromatic N) is 3. The summed E-state index contributed by atoms with van der Waals surface area (Å²) in [5, 5.41) is 10.9. The molecule has 0 unspecified atom stereocenters. The summed E-state index contributed by atoms with van der Waals surface area (Å²) >= 11 is 5.86. The van der Waals surface area contributed by atoms with Crippen LogP contribution in [0.3, 0.4) is 0 Å². The molecule has 0 amide bonds. The van der Waals surface area contributed by atoms with E-state index in [1.54, 1.807) is 19.2 Å². The molecule has 2 aromatic rings. The molecule has 0 bridgehead atoms. The molecule has 0 saturated heterocycles. The first-order valence-electron chi connectivity index (χ1n) is 7.33. The lowest BCUT2D eigenvalue weighted by Gasteiger charge is -2.09. The van der Waals surface area contributed by atoms with Crippen molar-refractivity contribution in [3.05, 3.63) is 35.2 Å². The van der Waals surface area contributed by atoms with Crippen LogP contribution in [0.25, 0.3) is 11.4 Å². The second-order valence-corrected chi connectivity index (χ2v) is 5.00. The Kier molecular flexibility index (Phi) is 6.83. The molecule has 1 aromatic heterocycles. The molecule has 23 heavy (non-hydrogen) atoms. The second-order valence-electron chi connectivity index (χ2n) is 4.57. The molecule has 7 nitrogen and oxygen atoms in total. The first kappa shape index (κ1) is 17.2. The van der Waals surface area contributed by atoms with Gasteiger partial charge in [0, 0.05) is 30.8 Å². The SMILES string of the molecule is CCOCCNC(=NC)NCc1nc(-c2ccc(Cl)cc2)no1. The van der Waals surface area contributed by atoms with E-state index in [9.17, 15) is 0 Å². The van der Waals surface area contributed by atoms with Crippen LogP contribution in [-0.4, -0.2) is 42.9 Å². The van der Waals surface area contributed by atoms with E-state index < -0.39 is 0 Å². The highest BCUT2D eigenvalue weighted by atomic mass is 35.5. The molecule has 0 aliphatic heterocycles. The molecule has 0 radical (unpaired) electrons. The molecule has 2 rings (SSSR count). The van der Waals surface area contributed by atoms with Crippen molar-refractivity contribution >= 4 is 17.6 Å². The number of hydrogen-bond donors (Lipinski definition) is 2. The minimum atomic E-state index is 0.384. The van der Waals surface area contributed by atoms with Gasteiger partial charge in [0.1, 0.15) is 0 Å². The van der Waals surface area contributed by atoms with Gasteiger partial charge in [0.05, 0.1) is 13.2 Å². The van der Waals surface area contributed by atoms with E-state index in [0.29, 0.717) is 49.0 Å². The van der Waals surface area contributed by atoms with Crippen molar-refractivity contribution in [2.24, 2.45) is 4.99 Å². The predicted molar refractivity (Wildman–Crippen MR) is 89.4 cm³/mol. The average molecular weight is 338 g/mol. The summed E-state index contributed by atoms with van der Waals surface area (Å²) in [7, 11) is 1.70. The smallest absolute Gasteiger partial charge is 0.246 e. The number of benzene rings is 1. The Hall–Kier alpha value is -2.12. The van der Waals surface area contributed by atoms with Crippen LogP contribution < -0.4 is 10.6 Å². The summed E-state index contributed by atoms with van der Waals surface area (Å²) in [5.41, 5.74) is 0.851. The fraction of sp³-hybridized carbons (Fsp3) is 0.400. The monoisotopic (exact) mass is 337 g/mol. The maximum absolute atomic E-state index is 5.86. The molecule has 124 valence electrons. The summed E-state index contributed by atoms with van der Waals surface area (Å²) in [5.74, 6) is 1.65. The van der Waals surface area contributed by atoms with Crippen LogP contribution in [0.4, 0.5) is 0 Å². The van der Waals surface area contributed by atoms with Gasteiger partial charge in [-0.05, 0) is 31.2 Å². The van der Waals surface area contributed by atoms with Crippen LogP contribution in [0.2, 0.25) is 5.02 Å². The lowest BCUT2D eigenvalue weighted by atomic mass is 10.2. The maximum atomic E-state index is 5.86. The molecule has 1 aromatic carbocycles. The molecule has 2 N–H and O–H groups in total. The molecule has 0 spiro atoms. The Morgan fingerprint density at radius 3 is 2.78 bits per heavy atom. The fourth-order valence-corrected chi connectivity index (χ4v) is 1.93. The predicted octanol–water partition coefficient (Wildman–Crippen LogP) is 2.09. The van der Waals surface area contributed by atoms with Crippen LogP contribution in [0, 0.1) is 0 Å².